The Balaban J connectivity index is 2.09. The average Bonchev–Trinajstić information content (AvgIpc) is 2.32. The van der Waals surface area contributed by atoms with E-state index in [1.807, 2.05) is 4.90 Å². The van der Waals surface area contributed by atoms with Crippen LogP contribution in [0.2, 0.25) is 0 Å². The highest BCUT2D eigenvalue weighted by atomic mass is 79.9. The molecule has 1 fully saturated rings. The second-order valence-corrected chi connectivity index (χ2v) is 5.95. The lowest BCUT2D eigenvalue weighted by Crippen LogP contribution is -2.42. The van der Waals surface area contributed by atoms with E-state index in [1.165, 1.54) is 12.1 Å². The van der Waals surface area contributed by atoms with Crippen molar-refractivity contribution in [2.75, 3.05) is 13.1 Å². The maximum Gasteiger partial charge on any atom is 0.144 e. The molecule has 1 aliphatic heterocycles. The zero-order valence-corrected chi connectivity index (χ0v) is 11.8. The van der Waals surface area contributed by atoms with Crippen molar-refractivity contribution in [2.24, 2.45) is 0 Å². The number of piperidine rings is 1. The fraction of sp³-hybridized carbons (Fsp3) is 0.538. The van der Waals surface area contributed by atoms with Crippen LogP contribution in [0.5, 0.6) is 0 Å². The van der Waals surface area contributed by atoms with Gasteiger partial charge in [-0.2, -0.15) is 0 Å². The normalized spacial score (nSPS) is 20.1. The highest BCUT2D eigenvalue weighted by Crippen LogP contribution is 2.26. The minimum Gasteiger partial charge on any atom is -0.390 e. The van der Waals surface area contributed by atoms with Crippen molar-refractivity contribution in [3.63, 3.8) is 0 Å². The molecule has 1 aromatic rings. The van der Waals surface area contributed by atoms with Gasteiger partial charge in [0.25, 0.3) is 0 Å². The summed E-state index contributed by atoms with van der Waals surface area (Å²) in [7, 11) is 0. The Morgan fingerprint density at radius 2 is 1.94 bits per heavy atom. The first-order valence-corrected chi connectivity index (χ1v) is 6.75. The molecule has 0 saturated carbocycles. The van der Waals surface area contributed by atoms with Gasteiger partial charge in [-0.05, 0) is 47.8 Å². The molecular weight excluding hydrogens is 304 g/mol. The van der Waals surface area contributed by atoms with Gasteiger partial charge in [0.2, 0.25) is 0 Å². The maximum atomic E-state index is 13.8. The van der Waals surface area contributed by atoms with Gasteiger partial charge in [-0.25, -0.2) is 8.78 Å². The predicted molar refractivity (Wildman–Crippen MR) is 69.2 cm³/mol. The largest absolute Gasteiger partial charge is 0.390 e. The summed E-state index contributed by atoms with van der Waals surface area (Å²) in [5, 5.41) is 9.83. The van der Waals surface area contributed by atoms with Crippen molar-refractivity contribution in [3.05, 3.63) is 33.8 Å². The molecule has 0 spiro atoms. The van der Waals surface area contributed by atoms with Crippen LogP contribution < -0.4 is 0 Å². The van der Waals surface area contributed by atoms with Gasteiger partial charge in [0, 0.05) is 25.2 Å². The first kappa shape index (κ1) is 13.9. The lowest BCUT2D eigenvalue weighted by molar-refractivity contribution is -0.00771. The fourth-order valence-corrected chi connectivity index (χ4v) is 2.50. The van der Waals surface area contributed by atoms with Crippen molar-refractivity contribution in [2.45, 2.75) is 31.9 Å². The van der Waals surface area contributed by atoms with E-state index in [-0.39, 0.29) is 16.6 Å². The van der Waals surface area contributed by atoms with E-state index in [1.54, 1.807) is 6.92 Å². The van der Waals surface area contributed by atoms with Crippen LogP contribution in [0.3, 0.4) is 0 Å². The van der Waals surface area contributed by atoms with E-state index in [0.717, 1.165) is 0 Å². The van der Waals surface area contributed by atoms with Gasteiger partial charge in [0.05, 0.1) is 10.1 Å². The Morgan fingerprint density at radius 3 is 2.56 bits per heavy atom. The number of benzene rings is 1. The van der Waals surface area contributed by atoms with Gasteiger partial charge in [-0.1, -0.05) is 0 Å². The van der Waals surface area contributed by atoms with Crippen molar-refractivity contribution in [1.82, 2.24) is 4.90 Å². The van der Waals surface area contributed by atoms with Crippen LogP contribution >= 0.6 is 15.9 Å². The van der Waals surface area contributed by atoms with Gasteiger partial charge in [0.1, 0.15) is 11.6 Å². The zero-order valence-electron chi connectivity index (χ0n) is 10.2. The molecule has 100 valence electrons. The predicted octanol–water partition coefficient (Wildman–Crippen LogP) is 3.07. The van der Waals surface area contributed by atoms with Crippen LogP contribution in [0.25, 0.3) is 0 Å². The van der Waals surface area contributed by atoms with Crippen molar-refractivity contribution < 1.29 is 13.9 Å². The number of aliphatic hydroxyl groups is 1. The molecule has 5 heteroatoms. The van der Waals surface area contributed by atoms with E-state index < -0.39 is 17.2 Å². The molecule has 0 unspecified atom stereocenters. The van der Waals surface area contributed by atoms with Crippen LogP contribution in [-0.4, -0.2) is 28.7 Å². The summed E-state index contributed by atoms with van der Waals surface area (Å²) in [6.07, 6.45) is 1.26. The molecule has 0 aliphatic carbocycles. The van der Waals surface area contributed by atoms with Gasteiger partial charge >= 0.3 is 0 Å². The molecule has 0 radical (unpaired) electrons. The number of hydrogen-bond donors (Lipinski definition) is 1. The molecule has 2 nitrogen and oxygen atoms in total. The molecule has 0 bridgehead atoms. The summed E-state index contributed by atoms with van der Waals surface area (Å²) in [5.41, 5.74) is -0.559. The summed E-state index contributed by atoms with van der Waals surface area (Å²) in [6.45, 7) is 3.34. The average molecular weight is 320 g/mol. The van der Waals surface area contributed by atoms with Crippen molar-refractivity contribution in [3.8, 4) is 0 Å². The summed E-state index contributed by atoms with van der Waals surface area (Å²) < 4.78 is 27.7. The number of rotatable bonds is 2. The van der Waals surface area contributed by atoms with Crippen LogP contribution in [0.15, 0.2) is 16.6 Å². The molecule has 0 amide bonds. The van der Waals surface area contributed by atoms with E-state index in [9.17, 15) is 13.9 Å². The van der Waals surface area contributed by atoms with E-state index in [4.69, 9.17) is 0 Å². The van der Waals surface area contributed by atoms with Gasteiger partial charge in [-0.15, -0.1) is 0 Å². The van der Waals surface area contributed by atoms with Gasteiger partial charge < -0.3 is 5.11 Å². The molecule has 1 aliphatic rings. The van der Waals surface area contributed by atoms with Gasteiger partial charge in [0.15, 0.2) is 0 Å². The molecule has 0 atom stereocenters. The van der Waals surface area contributed by atoms with Crippen LogP contribution in [0.4, 0.5) is 8.78 Å². The highest BCUT2D eigenvalue weighted by molar-refractivity contribution is 9.10. The second-order valence-electron chi connectivity index (χ2n) is 5.09. The third kappa shape index (κ3) is 3.08. The minimum absolute atomic E-state index is 0.0888. The monoisotopic (exact) mass is 319 g/mol. The number of nitrogens with zero attached hydrogens (tertiary/aromatic N) is 1. The van der Waals surface area contributed by atoms with E-state index in [2.05, 4.69) is 15.9 Å². The first-order chi connectivity index (χ1) is 8.39. The Labute approximate surface area is 114 Å². The maximum absolute atomic E-state index is 13.8. The molecule has 1 heterocycles. The molecular formula is C13H16BrF2NO. The molecule has 1 N–H and O–H groups in total. The summed E-state index contributed by atoms with van der Waals surface area (Å²) in [5.74, 6) is -1.06. The Kier molecular flexibility index (Phi) is 4.04. The van der Waals surface area contributed by atoms with Crippen LogP contribution in [-0.2, 0) is 6.54 Å². The van der Waals surface area contributed by atoms with E-state index >= 15 is 0 Å². The quantitative estimate of drug-likeness (QED) is 0.847. The Hall–Kier alpha value is -0.520. The Morgan fingerprint density at radius 1 is 1.33 bits per heavy atom. The highest BCUT2D eigenvalue weighted by Gasteiger charge is 2.28. The third-order valence-electron chi connectivity index (χ3n) is 3.45. The van der Waals surface area contributed by atoms with Crippen LogP contribution in [0, 0.1) is 11.6 Å². The summed E-state index contributed by atoms with van der Waals surface area (Å²) in [4.78, 5) is 1.96. The lowest BCUT2D eigenvalue weighted by Gasteiger charge is -2.35. The zero-order chi connectivity index (χ0) is 13.3. The van der Waals surface area contributed by atoms with E-state index in [0.29, 0.717) is 25.9 Å². The van der Waals surface area contributed by atoms with Crippen molar-refractivity contribution >= 4 is 15.9 Å². The third-order valence-corrected chi connectivity index (χ3v) is 4.07. The topological polar surface area (TPSA) is 23.5 Å². The first-order valence-electron chi connectivity index (χ1n) is 5.96. The number of hydrogen-bond acceptors (Lipinski definition) is 2. The molecule has 2 rings (SSSR count). The van der Waals surface area contributed by atoms with Gasteiger partial charge in [-0.3, -0.25) is 4.90 Å². The molecule has 18 heavy (non-hydrogen) atoms. The lowest BCUT2D eigenvalue weighted by atomic mass is 9.93. The standard InChI is InChI=1S/C13H16BrF2NO/c1-13(18)4-6-17(7-5-13)8-9-11(15)3-2-10(14)12(9)16/h2-3,18H,4-8H2,1H3. The molecule has 1 aromatic carbocycles. The second kappa shape index (κ2) is 5.23. The fourth-order valence-electron chi connectivity index (χ4n) is 2.13. The smallest absolute Gasteiger partial charge is 0.144 e. The molecule has 1 saturated heterocycles. The minimum atomic E-state index is -0.648. The number of likely N-dealkylation sites (tertiary alicyclic amines) is 1. The Bertz CT molecular complexity index is 441. The van der Waals surface area contributed by atoms with Crippen LogP contribution in [0.1, 0.15) is 25.3 Å². The number of halogens is 3. The summed E-state index contributed by atoms with van der Waals surface area (Å²) >= 11 is 3.06. The molecule has 0 aromatic heterocycles. The summed E-state index contributed by atoms with van der Waals surface area (Å²) in [6, 6.07) is 2.64. The SMILES string of the molecule is CC1(O)CCN(Cc2c(F)ccc(Br)c2F)CC1. The van der Waals surface area contributed by atoms with Crippen molar-refractivity contribution in [1.29, 1.82) is 0 Å².